The van der Waals surface area contributed by atoms with Crippen LogP contribution in [0.5, 0.6) is 0 Å². The molecular weight excluding hydrogens is 184 g/mol. The summed E-state index contributed by atoms with van der Waals surface area (Å²) in [6.45, 7) is 0.553. The number of methoxy groups -OCH3 is 1. The van der Waals surface area contributed by atoms with Gasteiger partial charge in [0.2, 0.25) is 0 Å². The molecule has 0 saturated carbocycles. The van der Waals surface area contributed by atoms with Crippen LogP contribution in [0.2, 0.25) is 0 Å². The Morgan fingerprint density at radius 2 is 2.07 bits per heavy atom. The second kappa shape index (κ2) is 5.95. The van der Waals surface area contributed by atoms with Gasteiger partial charge in [-0.05, 0) is 5.56 Å². The fourth-order valence-electron chi connectivity index (χ4n) is 0.853. The van der Waals surface area contributed by atoms with E-state index in [9.17, 15) is 4.79 Å². The largest absolute Gasteiger partial charge is 0.528 e. The van der Waals surface area contributed by atoms with Crippen LogP contribution in [-0.2, 0) is 16.1 Å². The molecule has 76 valence electrons. The zero-order valence-corrected chi connectivity index (χ0v) is 7.82. The fraction of sp³-hybridized carbons (Fsp3) is 0.222. The molecule has 0 aliphatic carbocycles. The van der Waals surface area contributed by atoms with E-state index in [4.69, 9.17) is 0 Å². The molecule has 0 bridgehead atoms. The van der Waals surface area contributed by atoms with Gasteiger partial charge in [0.1, 0.15) is 0 Å². The van der Waals surface area contributed by atoms with Crippen LogP contribution in [0, 0.1) is 0 Å². The zero-order chi connectivity index (χ0) is 10.2. The van der Waals surface area contributed by atoms with Gasteiger partial charge in [-0.25, -0.2) is 10.2 Å². The standard InChI is InChI=1S/C9H12N2O3/c1-13-9(12)14-11-10-7-8-5-3-2-4-6-8/h2-6,10-11H,7H2,1H3. The summed E-state index contributed by atoms with van der Waals surface area (Å²) in [4.78, 5) is 14.9. The Bertz CT molecular complexity index is 277. The predicted octanol–water partition coefficient (Wildman–Crippen LogP) is 0.979. The van der Waals surface area contributed by atoms with Gasteiger partial charge >= 0.3 is 6.16 Å². The second-order valence-electron chi connectivity index (χ2n) is 2.50. The van der Waals surface area contributed by atoms with Crippen molar-refractivity contribution in [3.8, 4) is 0 Å². The molecule has 1 aromatic rings. The summed E-state index contributed by atoms with van der Waals surface area (Å²) >= 11 is 0. The van der Waals surface area contributed by atoms with Gasteiger partial charge < -0.3 is 9.57 Å². The van der Waals surface area contributed by atoms with Crippen LogP contribution in [0.3, 0.4) is 0 Å². The summed E-state index contributed by atoms with van der Waals surface area (Å²) < 4.78 is 4.24. The van der Waals surface area contributed by atoms with Crippen molar-refractivity contribution in [2.45, 2.75) is 6.54 Å². The number of hydrazine groups is 1. The van der Waals surface area contributed by atoms with Crippen LogP contribution in [-0.4, -0.2) is 13.3 Å². The summed E-state index contributed by atoms with van der Waals surface area (Å²) in [6.07, 6.45) is -0.787. The Balaban J connectivity index is 2.13. The number of carbonyl (C=O) groups is 1. The van der Waals surface area contributed by atoms with E-state index in [-0.39, 0.29) is 0 Å². The Kier molecular flexibility index (Phi) is 4.46. The van der Waals surface area contributed by atoms with Crippen molar-refractivity contribution in [1.29, 1.82) is 0 Å². The van der Waals surface area contributed by atoms with Gasteiger partial charge in [-0.2, -0.15) is 0 Å². The molecule has 14 heavy (non-hydrogen) atoms. The number of hydrogen-bond donors (Lipinski definition) is 2. The minimum atomic E-state index is -0.787. The monoisotopic (exact) mass is 196 g/mol. The Labute approximate surface area is 81.9 Å². The quantitative estimate of drug-likeness (QED) is 0.427. The predicted molar refractivity (Wildman–Crippen MR) is 49.9 cm³/mol. The third-order valence-electron chi connectivity index (χ3n) is 1.51. The lowest BCUT2D eigenvalue weighted by atomic mass is 10.2. The highest BCUT2D eigenvalue weighted by Crippen LogP contribution is 1.95. The Hall–Kier alpha value is -1.59. The molecule has 0 amide bonds. The second-order valence-corrected chi connectivity index (χ2v) is 2.50. The number of ether oxygens (including phenoxy) is 1. The van der Waals surface area contributed by atoms with Crippen molar-refractivity contribution in [2.75, 3.05) is 7.11 Å². The number of carbonyl (C=O) groups excluding carboxylic acids is 1. The van der Waals surface area contributed by atoms with Gasteiger partial charge in [0, 0.05) is 6.54 Å². The SMILES string of the molecule is COC(=O)ONNCc1ccccc1. The summed E-state index contributed by atoms with van der Waals surface area (Å²) in [7, 11) is 1.24. The third-order valence-corrected chi connectivity index (χ3v) is 1.51. The number of rotatable bonds is 4. The van der Waals surface area contributed by atoms with E-state index in [2.05, 4.69) is 20.6 Å². The third kappa shape index (κ3) is 3.88. The molecule has 1 rings (SSSR count). The van der Waals surface area contributed by atoms with E-state index in [0.29, 0.717) is 6.54 Å². The highest BCUT2D eigenvalue weighted by atomic mass is 16.8. The van der Waals surface area contributed by atoms with Gasteiger partial charge in [-0.15, -0.1) is 0 Å². The molecule has 0 heterocycles. The van der Waals surface area contributed by atoms with Gasteiger partial charge in [-0.1, -0.05) is 35.9 Å². The van der Waals surface area contributed by atoms with E-state index in [1.165, 1.54) is 7.11 Å². The Morgan fingerprint density at radius 3 is 2.71 bits per heavy atom. The molecule has 0 unspecified atom stereocenters. The molecule has 0 aliphatic rings. The first-order valence-corrected chi connectivity index (χ1v) is 4.09. The lowest BCUT2D eigenvalue weighted by Gasteiger charge is -2.05. The molecule has 0 radical (unpaired) electrons. The van der Waals surface area contributed by atoms with Crippen molar-refractivity contribution in [1.82, 2.24) is 11.0 Å². The van der Waals surface area contributed by atoms with Gasteiger partial charge in [-0.3, -0.25) is 0 Å². The number of nitrogens with one attached hydrogen (secondary N) is 2. The van der Waals surface area contributed by atoms with E-state index in [1.54, 1.807) is 0 Å². The molecule has 0 fully saturated rings. The lowest BCUT2D eigenvalue weighted by Crippen LogP contribution is -2.33. The number of hydrogen-bond acceptors (Lipinski definition) is 5. The highest BCUT2D eigenvalue weighted by molar-refractivity contribution is 5.58. The smallest absolute Gasteiger partial charge is 0.436 e. The van der Waals surface area contributed by atoms with Gasteiger partial charge in [0.15, 0.2) is 0 Å². The van der Waals surface area contributed by atoms with Crippen molar-refractivity contribution < 1.29 is 14.4 Å². The van der Waals surface area contributed by atoms with E-state index in [0.717, 1.165) is 5.56 Å². The maximum atomic E-state index is 10.5. The molecule has 2 N–H and O–H groups in total. The molecule has 0 spiro atoms. The van der Waals surface area contributed by atoms with Crippen LogP contribution >= 0.6 is 0 Å². The summed E-state index contributed by atoms with van der Waals surface area (Å²) in [6, 6.07) is 9.69. The van der Waals surface area contributed by atoms with Gasteiger partial charge in [0.05, 0.1) is 7.11 Å². The minimum Gasteiger partial charge on any atom is -0.436 e. The average molecular weight is 196 g/mol. The van der Waals surface area contributed by atoms with Crippen molar-refractivity contribution in [2.24, 2.45) is 0 Å². The van der Waals surface area contributed by atoms with Crippen LogP contribution in [0.15, 0.2) is 30.3 Å². The minimum absolute atomic E-state index is 0.553. The van der Waals surface area contributed by atoms with Crippen molar-refractivity contribution in [3.05, 3.63) is 35.9 Å². The fourth-order valence-corrected chi connectivity index (χ4v) is 0.853. The zero-order valence-electron chi connectivity index (χ0n) is 7.82. The van der Waals surface area contributed by atoms with E-state index < -0.39 is 6.16 Å². The molecular formula is C9H12N2O3. The molecule has 0 saturated heterocycles. The van der Waals surface area contributed by atoms with Crippen molar-refractivity contribution >= 4 is 6.16 Å². The van der Waals surface area contributed by atoms with Gasteiger partial charge in [0.25, 0.3) is 0 Å². The van der Waals surface area contributed by atoms with Crippen LogP contribution in [0.25, 0.3) is 0 Å². The normalized spacial score (nSPS) is 9.50. The first-order chi connectivity index (χ1) is 6.83. The van der Waals surface area contributed by atoms with Crippen LogP contribution in [0.4, 0.5) is 4.79 Å². The van der Waals surface area contributed by atoms with Crippen molar-refractivity contribution in [3.63, 3.8) is 0 Å². The molecule has 0 aromatic heterocycles. The Morgan fingerprint density at radius 1 is 1.36 bits per heavy atom. The summed E-state index contributed by atoms with van der Waals surface area (Å²) in [5, 5.41) is 0. The molecule has 1 aromatic carbocycles. The summed E-state index contributed by atoms with van der Waals surface area (Å²) in [5.41, 5.74) is 6.03. The first-order valence-electron chi connectivity index (χ1n) is 4.09. The maximum Gasteiger partial charge on any atom is 0.528 e. The molecule has 0 atom stereocenters. The molecule has 0 aliphatic heterocycles. The highest BCUT2D eigenvalue weighted by Gasteiger charge is 1.97. The molecule has 5 nitrogen and oxygen atoms in total. The lowest BCUT2D eigenvalue weighted by molar-refractivity contribution is 0.0109. The summed E-state index contributed by atoms with van der Waals surface area (Å²) in [5.74, 6) is 0. The van der Waals surface area contributed by atoms with Crippen LogP contribution in [0.1, 0.15) is 5.56 Å². The van der Waals surface area contributed by atoms with Crippen LogP contribution < -0.4 is 11.0 Å². The average Bonchev–Trinajstić information content (AvgIpc) is 2.25. The number of benzene rings is 1. The first kappa shape index (κ1) is 10.5. The van der Waals surface area contributed by atoms with E-state index in [1.807, 2.05) is 30.3 Å². The molecule has 5 heteroatoms. The maximum absolute atomic E-state index is 10.5. The van der Waals surface area contributed by atoms with E-state index >= 15 is 0 Å². The topological polar surface area (TPSA) is 59.6 Å².